The molecule has 5 heteroatoms. The Morgan fingerprint density at radius 1 is 1.45 bits per heavy atom. The van der Waals surface area contributed by atoms with Gasteiger partial charge < -0.3 is 20.1 Å². The highest BCUT2D eigenvalue weighted by Gasteiger charge is 2.60. The van der Waals surface area contributed by atoms with Crippen LogP contribution < -0.4 is 0 Å². The van der Waals surface area contributed by atoms with Gasteiger partial charge in [0.25, 0.3) is 0 Å². The number of allylic oxidation sites excluding steroid dienone is 1. The van der Waals surface area contributed by atoms with Crippen molar-refractivity contribution in [3.8, 4) is 0 Å². The molecule has 1 aliphatic heterocycles. The van der Waals surface area contributed by atoms with E-state index < -0.39 is 17.7 Å². The van der Waals surface area contributed by atoms with Gasteiger partial charge >= 0.3 is 5.97 Å². The summed E-state index contributed by atoms with van der Waals surface area (Å²) in [5, 5.41) is 29.2. The number of hydrogen-bond acceptors (Lipinski definition) is 4. The summed E-state index contributed by atoms with van der Waals surface area (Å²) >= 11 is 0. The molecular formula is C15H22O5. The van der Waals surface area contributed by atoms with E-state index in [0.717, 1.165) is 18.4 Å². The predicted molar refractivity (Wildman–Crippen MR) is 71.1 cm³/mol. The smallest absolute Gasteiger partial charge is 0.338 e. The van der Waals surface area contributed by atoms with E-state index >= 15 is 0 Å². The molecule has 2 aliphatic carbocycles. The number of aliphatic hydroxyl groups excluding tert-OH is 1. The molecule has 3 fully saturated rings. The Morgan fingerprint density at radius 2 is 2.20 bits per heavy atom. The molecule has 20 heavy (non-hydrogen) atoms. The molecule has 0 aromatic rings. The van der Waals surface area contributed by atoms with Crippen LogP contribution in [0, 0.1) is 11.3 Å². The van der Waals surface area contributed by atoms with Gasteiger partial charge in [0.05, 0.1) is 19.3 Å². The first-order valence-corrected chi connectivity index (χ1v) is 7.30. The van der Waals surface area contributed by atoms with Gasteiger partial charge in [0.15, 0.2) is 5.60 Å². The summed E-state index contributed by atoms with van der Waals surface area (Å²) in [4.78, 5) is 11.4. The summed E-state index contributed by atoms with van der Waals surface area (Å²) in [6.07, 6.45) is 2.83. The summed E-state index contributed by atoms with van der Waals surface area (Å²) in [5.74, 6) is -0.933. The third-order valence-electron chi connectivity index (χ3n) is 5.72. The molecule has 112 valence electrons. The minimum Gasteiger partial charge on any atom is -0.479 e. The number of rotatable bonds is 2. The molecule has 0 unspecified atom stereocenters. The van der Waals surface area contributed by atoms with E-state index in [1.54, 1.807) is 0 Å². The van der Waals surface area contributed by atoms with Gasteiger partial charge in [-0.2, -0.15) is 0 Å². The second-order valence-electron chi connectivity index (χ2n) is 6.65. The standard InChI is InChI=1S/C15H22O5/c1-9(7-16)10-2-4-14-6-12(20-8-14)15(19,13(17)18)5-3-11(10)14/h11-12,16,19H,2-8H2,1H3,(H,17,18)/b10-9+/t11-,12-,14-,15+/m0/s1. The Morgan fingerprint density at radius 3 is 2.85 bits per heavy atom. The number of carboxylic acid groups (broad SMARTS) is 1. The third kappa shape index (κ3) is 1.76. The Bertz CT molecular complexity index is 471. The highest BCUT2D eigenvalue weighted by atomic mass is 16.5. The second kappa shape index (κ2) is 4.55. The molecule has 1 heterocycles. The predicted octanol–water partition coefficient (Wildman–Crippen LogP) is 1.09. The number of aliphatic carboxylic acids is 1. The van der Waals surface area contributed by atoms with Crippen molar-refractivity contribution in [3.05, 3.63) is 11.1 Å². The fourth-order valence-corrected chi connectivity index (χ4v) is 4.44. The molecule has 0 aromatic heterocycles. The lowest BCUT2D eigenvalue weighted by molar-refractivity contribution is -0.174. The Kier molecular flexibility index (Phi) is 3.19. The highest BCUT2D eigenvalue weighted by molar-refractivity contribution is 5.78. The first-order chi connectivity index (χ1) is 9.43. The maximum absolute atomic E-state index is 11.4. The number of hydrogen-bond donors (Lipinski definition) is 3. The Balaban J connectivity index is 1.98. The fraction of sp³-hybridized carbons (Fsp3) is 0.800. The van der Waals surface area contributed by atoms with E-state index in [1.807, 2.05) is 6.92 Å². The zero-order chi connectivity index (χ0) is 14.5. The van der Waals surface area contributed by atoms with E-state index in [9.17, 15) is 20.1 Å². The van der Waals surface area contributed by atoms with Crippen LogP contribution in [-0.2, 0) is 9.53 Å². The molecule has 1 spiro atoms. The Labute approximate surface area is 118 Å². The molecule has 0 amide bonds. The number of ether oxygens (including phenoxy) is 1. The van der Waals surface area contributed by atoms with Crippen molar-refractivity contribution >= 4 is 5.97 Å². The van der Waals surface area contributed by atoms with E-state index in [2.05, 4.69) is 0 Å². The van der Waals surface area contributed by atoms with Gasteiger partial charge in [-0.05, 0) is 50.5 Å². The maximum atomic E-state index is 11.4. The molecule has 2 bridgehead atoms. The second-order valence-corrected chi connectivity index (χ2v) is 6.65. The molecule has 0 aromatic carbocycles. The van der Waals surface area contributed by atoms with Crippen molar-refractivity contribution in [1.29, 1.82) is 0 Å². The van der Waals surface area contributed by atoms with Gasteiger partial charge in [0.2, 0.25) is 0 Å². The number of carbonyl (C=O) groups is 1. The number of carboxylic acids is 1. The summed E-state index contributed by atoms with van der Waals surface area (Å²) in [5.41, 5.74) is 0.463. The van der Waals surface area contributed by atoms with Crippen LogP contribution in [0.3, 0.4) is 0 Å². The van der Waals surface area contributed by atoms with Crippen molar-refractivity contribution < 1.29 is 24.9 Å². The number of aliphatic hydroxyl groups is 2. The summed E-state index contributed by atoms with van der Waals surface area (Å²) in [7, 11) is 0. The van der Waals surface area contributed by atoms with Gasteiger partial charge in [-0.3, -0.25) is 0 Å². The first kappa shape index (κ1) is 14.0. The lowest BCUT2D eigenvalue weighted by atomic mass is 9.74. The van der Waals surface area contributed by atoms with Crippen molar-refractivity contribution in [2.24, 2.45) is 11.3 Å². The molecule has 4 atom stereocenters. The van der Waals surface area contributed by atoms with Gasteiger partial charge in [0, 0.05) is 5.41 Å². The van der Waals surface area contributed by atoms with Crippen LogP contribution in [-0.4, -0.2) is 46.2 Å². The average Bonchev–Trinajstić information content (AvgIpc) is 2.97. The molecule has 5 nitrogen and oxygen atoms in total. The lowest BCUT2D eigenvalue weighted by Gasteiger charge is -2.31. The summed E-state index contributed by atoms with van der Waals surface area (Å²) in [6, 6.07) is 0. The van der Waals surface area contributed by atoms with Crippen molar-refractivity contribution in [3.63, 3.8) is 0 Å². The molecule has 3 rings (SSSR count). The zero-order valence-electron chi connectivity index (χ0n) is 11.8. The largest absolute Gasteiger partial charge is 0.479 e. The van der Waals surface area contributed by atoms with Gasteiger partial charge in [-0.25, -0.2) is 4.79 Å². The maximum Gasteiger partial charge on any atom is 0.338 e. The van der Waals surface area contributed by atoms with E-state index in [4.69, 9.17) is 4.74 Å². The van der Waals surface area contributed by atoms with Gasteiger partial charge in [-0.1, -0.05) is 5.57 Å². The van der Waals surface area contributed by atoms with Crippen molar-refractivity contribution in [2.45, 2.75) is 50.7 Å². The summed E-state index contributed by atoms with van der Waals surface area (Å²) < 4.78 is 5.68. The summed E-state index contributed by atoms with van der Waals surface area (Å²) in [6.45, 7) is 2.52. The molecule has 3 aliphatic rings. The zero-order valence-corrected chi connectivity index (χ0v) is 11.8. The Hall–Kier alpha value is -0.910. The van der Waals surface area contributed by atoms with Gasteiger partial charge in [-0.15, -0.1) is 0 Å². The van der Waals surface area contributed by atoms with Gasteiger partial charge in [0.1, 0.15) is 0 Å². The molecule has 1 saturated heterocycles. The molecule has 2 saturated carbocycles. The average molecular weight is 282 g/mol. The molecular weight excluding hydrogens is 260 g/mol. The topological polar surface area (TPSA) is 87.0 Å². The van der Waals surface area contributed by atoms with Crippen LogP contribution in [0.5, 0.6) is 0 Å². The SMILES string of the molecule is C/C(CO)=C1/CC[C@@]23CO[C@@H](C2)[C@@](O)(C(=O)O)CC[C@@H]13. The molecule has 0 radical (unpaired) electrons. The van der Waals surface area contributed by atoms with Crippen LogP contribution in [0.4, 0.5) is 0 Å². The fourth-order valence-electron chi connectivity index (χ4n) is 4.44. The van der Waals surface area contributed by atoms with E-state index in [0.29, 0.717) is 19.4 Å². The van der Waals surface area contributed by atoms with Crippen LogP contribution in [0.25, 0.3) is 0 Å². The highest BCUT2D eigenvalue weighted by Crippen LogP contribution is 2.59. The van der Waals surface area contributed by atoms with E-state index in [-0.39, 0.29) is 24.4 Å². The monoisotopic (exact) mass is 282 g/mol. The quantitative estimate of drug-likeness (QED) is 0.660. The first-order valence-electron chi connectivity index (χ1n) is 7.30. The van der Waals surface area contributed by atoms with Crippen molar-refractivity contribution in [2.75, 3.05) is 13.2 Å². The van der Waals surface area contributed by atoms with Crippen LogP contribution >= 0.6 is 0 Å². The van der Waals surface area contributed by atoms with Crippen LogP contribution in [0.15, 0.2) is 11.1 Å². The minimum absolute atomic E-state index is 0.0314. The van der Waals surface area contributed by atoms with Crippen LogP contribution in [0.2, 0.25) is 0 Å². The normalized spacial score (nSPS) is 46.0. The van der Waals surface area contributed by atoms with Crippen LogP contribution in [0.1, 0.15) is 39.0 Å². The molecule has 3 N–H and O–H groups in total. The third-order valence-corrected chi connectivity index (χ3v) is 5.72. The van der Waals surface area contributed by atoms with E-state index in [1.165, 1.54) is 5.57 Å². The van der Waals surface area contributed by atoms with Crippen molar-refractivity contribution in [1.82, 2.24) is 0 Å². The lowest BCUT2D eigenvalue weighted by Crippen LogP contribution is -2.49. The number of fused-ring (bicyclic) bond motifs is 1. The minimum atomic E-state index is -1.76.